The van der Waals surface area contributed by atoms with Gasteiger partial charge in [-0.1, -0.05) is 12.1 Å². The van der Waals surface area contributed by atoms with Crippen LogP contribution in [0.15, 0.2) is 35.7 Å². The lowest BCUT2D eigenvalue weighted by atomic mass is 10.2. The molecule has 146 valence electrons. The summed E-state index contributed by atoms with van der Waals surface area (Å²) in [5.41, 5.74) is 1.32. The van der Waals surface area contributed by atoms with Crippen LogP contribution in [0.4, 0.5) is 10.1 Å². The molecule has 7 heteroatoms. The third kappa shape index (κ3) is 6.24. The van der Waals surface area contributed by atoms with Gasteiger partial charge in [-0.25, -0.2) is 4.39 Å². The van der Waals surface area contributed by atoms with Crippen molar-refractivity contribution in [2.24, 2.45) is 0 Å². The number of halogens is 1. The monoisotopic (exact) mass is 407 g/mol. The van der Waals surface area contributed by atoms with E-state index in [9.17, 15) is 4.39 Å². The molecular formula is C20H26FN3OS2. The molecule has 4 nitrogen and oxygen atoms in total. The first kappa shape index (κ1) is 20.2. The lowest BCUT2D eigenvalue weighted by molar-refractivity contribution is 0.0368. The number of rotatable bonds is 7. The average molecular weight is 408 g/mol. The predicted octanol–water partition coefficient (Wildman–Crippen LogP) is 4.12. The zero-order valence-corrected chi connectivity index (χ0v) is 17.3. The highest BCUT2D eigenvalue weighted by atomic mass is 32.1. The summed E-state index contributed by atoms with van der Waals surface area (Å²) < 4.78 is 19.2. The van der Waals surface area contributed by atoms with Crippen LogP contribution in [0.2, 0.25) is 0 Å². The Balaban J connectivity index is 1.59. The van der Waals surface area contributed by atoms with E-state index in [1.165, 1.54) is 10.9 Å². The molecule has 0 radical (unpaired) electrons. The van der Waals surface area contributed by atoms with Crippen LogP contribution in [-0.4, -0.2) is 54.3 Å². The Labute approximate surface area is 169 Å². The number of anilines is 1. The minimum absolute atomic E-state index is 0.222. The van der Waals surface area contributed by atoms with Gasteiger partial charge < -0.3 is 15.0 Å². The molecule has 2 aromatic rings. The van der Waals surface area contributed by atoms with Gasteiger partial charge in [0.15, 0.2) is 5.11 Å². The zero-order chi connectivity index (χ0) is 19.1. The van der Waals surface area contributed by atoms with E-state index in [-0.39, 0.29) is 5.82 Å². The van der Waals surface area contributed by atoms with Crippen LogP contribution in [0.3, 0.4) is 0 Å². The maximum absolute atomic E-state index is 13.8. The normalized spacial score (nSPS) is 14.9. The number of thiophene rings is 1. The van der Waals surface area contributed by atoms with Crippen molar-refractivity contribution in [3.8, 4) is 0 Å². The van der Waals surface area contributed by atoms with E-state index in [1.807, 2.05) is 6.07 Å². The fraction of sp³-hybridized carbons (Fsp3) is 0.450. The Morgan fingerprint density at radius 2 is 2.15 bits per heavy atom. The van der Waals surface area contributed by atoms with Gasteiger partial charge in [-0.15, -0.1) is 11.3 Å². The second kappa shape index (κ2) is 10.1. The fourth-order valence-electron chi connectivity index (χ4n) is 3.03. The van der Waals surface area contributed by atoms with Crippen LogP contribution in [0.25, 0.3) is 0 Å². The predicted molar refractivity (Wildman–Crippen MR) is 114 cm³/mol. The quantitative estimate of drug-likeness (QED) is 0.697. The van der Waals surface area contributed by atoms with Crippen molar-refractivity contribution in [3.63, 3.8) is 0 Å². The van der Waals surface area contributed by atoms with E-state index in [0.717, 1.165) is 52.4 Å². The number of nitrogens with zero attached hydrogens (tertiary/aromatic N) is 2. The first-order chi connectivity index (χ1) is 13.1. The van der Waals surface area contributed by atoms with E-state index >= 15 is 0 Å². The van der Waals surface area contributed by atoms with Gasteiger partial charge in [0.25, 0.3) is 0 Å². The zero-order valence-electron chi connectivity index (χ0n) is 15.6. The molecule has 1 fully saturated rings. The largest absolute Gasteiger partial charge is 0.379 e. The molecule has 3 rings (SSSR count). The van der Waals surface area contributed by atoms with E-state index in [1.54, 1.807) is 24.3 Å². The molecular weight excluding hydrogens is 381 g/mol. The van der Waals surface area contributed by atoms with Crippen molar-refractivity contribution in [2.75, 3.05) is 44.7 Å². The van der Waals surface area contributed by atoms with Crippen LogP contribution >= 0.6 is 23.6 Å². The summed E-state index contributed by atoms with van der Waals surface area (Å²) in [5.74, 6) is -0.222. The first-order valence-corrected chi connectivity index (χ1v) is 10.5. The van der Waals surface area contributed by atoms with Crippen molar-refractivity contribution in [1.29, 1.82) is 0 Å². The summed E-state index contributed by atoms with van der Waals surface area (Å²) in [6.45, 7) is 8.04. The van der Waals surface area contributed by atoms with E-state index in [2.05, 4.69) is 32.6 Å². The third-order valence-electron chi connectivity index (χ3n) is 4.64. The molecule has 1 N–H and O–H groups in total. The number of benzene rings is 1. The van der Waals surface area contributed by atoms with Crippen LogP contribution in [0.5, 0.6) is 0 Å². The SMILES string of the molecule is Cc1ccc(NC(=S)N(CCCN2CCOCC2)Cc2cccs2)cc1F. The minimum Gasteiger partial charge on any atom is -0.379 e. The van der Waals surface area contributed by atoms with E-state index < -0.39 is 0 Å². The van der Waals surface area contributed by atoms with Crippen LogP contribution in [-0.2, 0) is 11.3 Å². The number of aryl methyl sites for hydroxylation is 1. The van der Waals surface area contributed by atoms with Crippen molar-refractivity contribution in [3.05, 3.63) is 52.0 Å². The molecule has 1 saturated heterocycles. The highest BCUT2D eigenvalue weighted by Crippen LogP contribution is 2.17. The van der Waals surface area contributed by atoms with Crippen LogP contribution in [0.1, 0.15) is 16.9 Å². The fourth-order valence-corrected chi connectivity index (χ4v) is 4.02. The summed E-state index contributed by atoms with van der Waals surface area (Å²) in [5, 5.41) is 5.91. The summed E-state index contributed by atoms with van der Waals surface area (Å²) >= 11 is 7.36. The molecule has 1 aliphatic heterocycles. The lowest BCUT2D eigenvalue weighted by Crippen LogP contribution is -2.39. The van der Waals surface area contributed by atoms with Crippen molar-refractivity contribution in [2.45, 2.75) is 19.9 Å². The van der Waals surface area contributed by atoms with E-state index in [4.69, 9.17) is 17.0 Å². The Hall–Kier alpha value is -1.54. The summed E-state index contributed by atoms with van der Waals surface area (Å²) in [4.78, 5) is 5.86. The molecule has 2 heterocycles. The molecule has 0 atom stereocenters. The van der Waals surface area contributed by atoms with Gasteiger partial charge in [0.2, 0.25) is 0 Å². The van der Waals surface area contributed by atoms with Gasteiger partial charge in [0.1, 0.15) is 5.82 Å². The van der Waals surface area contributed by atoms with Gasteiger partial charge in [-0.2, -0.15) is 0 Å². The highest BCUT2D eigenvalue weighted by Gasteiger charge is 2.14. The molecule has 0 saturated carbocycles. The molecule has 0 amide bonds. The number of morpholine rings is 1. The first-order valence-electron chi connectivity index (χ1n) is 9.26. The van der Waals surface area contributed by atoms with Gasteiger partial charge in [0, 0.05) is 36.7 Å². The molecule has 0 spiro atoms. The van der Waals surface area contributed by atoms with Gasteiger partial charge in [0.05, 0.1) is 19.8 Å². The number of ether oxygens (including phenoxy) is 1. The molecule has 0 bridgehead atoms. The average Bonchev–Trinajstić information content (AvgIpc) is 3.18. The molecule has 0 aliphatic carbocycles. The Bertz CT molecular complexity index is 733. The minimum atomic E-state index is -0.222. The molecule has 27 heavy (non-hydrogen) atoms. The third-order valence-corrected chi connectivity index (χ3v) is 5.86. The second-order valence-electron chi connectivity index (χ2n) is 6.70. The summed E-state index contributed by atoms with van der Waals surface area (Å²) in [7, 11) is 0. The Morgan fingerprint density at radius 3 is 2.85 bits per heavy atom. The summed E-state index contributed by atoms with van der Waals surface area (Å²) in [6.07, 6.45) is 1.02. The standard InChI is InChI=1S/C20H26FN3OS2/c1-16-5-6-17(14-19(16)21)22-20(26)24(15-18-4-2-13-27-18)8-3-7-23-9-11-25-12-10-23/h2,4-6,13-14H,3,7-12,15H2,1H3,(H,22,26). The molecule has 1 aromatic carbocycles. The second-order valence-corrected chi connectivity index (χ2v) is 8.12. The van der Waals surface area contributed by atoms with Gasteiger partial charge in [-0.3, -0.25) is 4.90 Å². The van der Waals surface area contributed by atoms with E-state index in [0.29, 0.717) is 16.4 Å². The maximum Gasteiger partial charge on any atom is 0.173 e. The smallest absolute Gasteiger partial charge is 0.173 e. The van der Waals surface area contributed by atoms with Crippen molar-refractivity contribution < 1.29 is 9.13 Å². The van der Waals surface area contributed by atoms with Crippen LogP contribution in [0, 0.1) is 12.7 Å². The summed E-state index contributed by atoms with van der Waals surface area (Å²) in [6, 6.07) is 9.30. The van der Waals surface area contributed by atoms with Gasteiger partial charge in [-0.05, 0) is 54.7 Å². The molecule has 1 aliphatic rings. The number of hydrogen-bond acceptors (Lipinski definition) is 4. The Kier molecular flexibility index (Phi) is 7.58. The number of thiocarbonyl (C=S) groups is 1. The van der Waals surface area contributed by atoms with Crippen LogP contribution < -0.4 is 5.32 Å². The molecule has 0 unspecified atom stereocenters. The topological polar surface area (TPSA) is 27.7 Å². The molecule has 1 aromatic heterocycles. The van der Waals surface area contributed by atoms with Gasteiger partial charge >= 0.3 is 0 Å². The highest BCUT2D eigenvalue weighted by molar-refractivity contribution is 7.80. The van der Waals surface area contributed by atoms with Crippen molar-refractivity contribution in [1.82, 2.24) is 9.80 Å². The maximum atomic E-state index is 13.8. The van der Waals surface area contributed by atoms with Crippen molar-refractivity contribution >= 4 is 34.4 Å². The number of nitrogens with one attached hydrogen (secondary N) is 1. The number of hydrogen-bond donors (Lipinski definition) is 1. The lowest BCUT2D eigenvalue weighted by Gasteiger charge is -2.29. The Morgan fingerprint density at radius 1 is 1.33 bits per heavy atom.